The highest BCUT2D eigenvalue weighted by molar-refractivity contribution is 7.14. The lowest BCUT2D eigenvalue weighted by atomic mass is 9.63. The summed E-state index contributed by atoms with van der Waals surface area (Å²) in [4.78, 5) is 7.49. The summed E-state index contributed by atoms with van der Waals surface area (Å²) in [6, 6.07) is 6.97. The zero-order valence-corrected chi connectivity index (χ0v) is 20.5. The first-order valence-corrected chi connectivity index (χ1v) is 12.8. The summed E-state index contributed by atoms with van der Waals surface area (Å²) in [5.74, 6) is 0.722. The predicted octanol–water partition coefficient (Wildman–Crippen LogP) is 5.48. The molecule has 2 heterocycles. The van der Waals surface area contributed by atoms with Crippen molar-refractivity contribution >= 4 is 16.5 Å². The van der Waals surface area contributed by atoms with Gasteiger partial charge in [-0.3, -0.25) is 0 Å². The Morgan fingerprint density at radius 2 is 1.81 bits per heavy atom. The number of fused-ring (bicyclic) bond motifs is 1. The highest BCUT2D eigenvalue weighted by atomic mass is 32.1. The van der Waals surface area contributed by atoms with Crippen molar-refractivity contribution in [3.8, 4) is 11.3 Å². The third-order valence-electron chi connectivity index (χ3n) is 7.71. The van der Waals surface area contributed by atoms with Crippen molar-refractivity contribution in [1.82, 2.24) is 4.98 Å². The molecule has 1 saturated heterocycles. The lowest BCUT2D eigenvalue weighted by molar-refractivity contribution is 0.247. The van der Waals surface area contributed by atoms with E-state index in [9.17, 15) is 0 Å². The second-order valence-corrected chi connectivity index (χ2v) is 11.8. The Kier molecular flexibility index (Phi) is 6.49. The number of aliphatic hydroxyl groups excluding tert-OH is 1. The van der Waals surface area contributed by atoms with E-state index < -0.39 is 0 Å². The van der Waals surface area contributed by atoms with Crippen LogP contribution in [0, 0.1) is 5.92 Å². The molecule has 1 aliphatic carbocycles. The third kappa shape index (κ3) is 4.84. The molecule has 1 fully saturated rings. The van der Waals surface area contributed by atoms with Crippen molar-refractivity contribution in [2.75, 3.05) is 24.6 Å². The molecule has 170 valence electrons. The van der Waals surface area contributed by atoms with E-state index in [-0.39, 0.29) is 23.5 Å². The Morgan fingerprint density at radius 3 is 2.48 bits per heavy atom. The van der Waals surface area contributed by atoms with Crippen LogP contribution in [0.3, 0.4) is 0 Å². The van der Waals surface area contributed by atoms with Crippen LogP contribution in [0.5, 0.6) is 0 Å². The van der Waals surface area contributed by atoms with E-state index >= 15 is 0 Å². The van der Waals surface area contributed by atoms with Crippen LogP contribution >= 0.6 is 11.3 Å². The highest BCUT2D eigenvalue weighted by Crippen LogP contribution is 2.47. The molecule has 5 heteroatoms. The van der Waals surface area contributed by atoms with Gasteiger partial charge in [0.15, 0.2) is 5.13 Å². The molecule has 4 rings (SSSR count). The smallest absolute Gasteiger partial charge is 0.185 e. The summed E-state index contributed by atoms with van der Waals surface area (Å²) in [5.41, 5.74) is 11.7. The molecule has 0 amide bonds. The van der Waals surface area contributed by atoms with Gasteiger partial charge in [0, 0.05) is 30.1 Å². The average molecular weight is 442 g/mol. The number of piperidine rings is 1. The maximum Gasteiger partial charge on any atom is 0.185 e. The summed E-state index contributed by atoms with van der Waals surface area (Å²) in [7, 11) is 0. The summed E-state index contributed by atoms with van der Waals surface area (Å²) in [6.07, 6.45) is 6.91. The Morgan fingerprint density at radius 1 is 1.13 bits per heavy atom. The molecular weight excluding hydrogens is 402 g/mol. The van der Waals surface area contributed by atoms with Gasteiger partial charge in [0.1, 0.15) is 0 Å². The van der Waals surface area contributed by atoms with E-state index in [1.807, 2.05) is 0 Å². The summed E-state index contributed by atoms with van der Waals surface area (Å²) < 4.78 is 0. The normalized spacial score (nSPS) is 21.7. The Bertz CT molecular complexity index is 896. The van der Waals surface area contributed by atoms with Crippen molar-refractivity contribution in [2.24, 2.45) is 11.7 Å². The summed E-state index contributed by atoms with van der Waals surface area (Å²) >= 11 is 1.77. The average Bonchev–Trinajstić information content (AvgIpc) is 3.26. The first-order valence-electron chi connectivity index (χ1n) is 11.9. The van der Waals surface area contributed by atoms with Gasteiger partial charge in [-0.25, -0.2) is 4.98 Å². The van der Waals surface area contributed by atoms with Crippen LogP contribution in [0.15, 0.2) is 23.6 Å². The monoisotopic (exact) mass is 441 g/mol. The molecule has 3 N–H and O–H groups in total. The SMILES string of the molecule is CC1(C)CCC(C)(C)c2cc(-c3csc(N4CCC(CC[C@H](N)CO)CC4)n3)ccc21. The molecule has 2 aromatic rings. The van der Waals surface area contributed by atoms with Gasteiger partial charge < -0.3 is 15.7 Å². The van der Waals surface area contributed by atoms with Crippen molar-refractivity contribution in [2.45, 2.75) is 83.1 Å². The third-order valence-corrected chi connectivity index (χ3v) is 8.61. The molecule has 2 aliphatic rings. The van der Waals surface area contributed by atoms with Crippen LogP contribution in [-0.4, -0.2) is 35.8 Å². The fourth-order valence-electron chi connectivity index (χ4n) is 5.24. The van der Waals surface area contributed by atoms with Crippen molar-refractivity contribution in [3.63, 3.8) is 0 Å². The number of nitrogens with two attached hydrogens (primary N) is 1. The van der Waals surface area contributed by atoms with Crippen LogP contribution in [0.1, 0.15) is 77.3 Å². The molecule has 31 heavy (non-hydrogen) atoms. The van der Waals surface area contributed by atoms with Gasteiger partial charge >= 0.3 is 0 Å². The largest absolute Gasteiger partial charge is 0.395 e. The topological polar surface area (TPSA) is 62.4 Å². The number of hydrogen-bond donors (Lipinski definition) is 2. The number of rotatable bonds is 6. The molecular formula is C26H39N3OS. The van der Waals surface area contributed by atoms with Crippen LogP contribution in [-0.2, 0) is 10.8 Å². The number of aliphatic hydroxyl groups is 1. The fraction of sp³-hybridized carbons (Fsp3) is 0.654. The molecule has 4 nitrogen and oxygen atoms in total. The van der Waals surface area contributed by atoms with Gasteiger partial charge in [0.05, 0.1) is 12.3 Å². The Labute approximate surface area is 191 Å². The minimum absolute atomic E-state index is 0.0632. The minimum Gasteiger partial charge on any atom is -0.395 e. The first kappa shape index (κ1) is 22.8. The Hall–Kier alpha value is -1.43. The zero-order chi connectivity index (χ0) is 22.2. The van der Waals surface area contributed by atoms with E-state index in [1.165, 1.54) is 42.4 Å². The number of aromatic nitrogens is 1. The number of nitrogens with zero attached hydrogens (tertiary/aromatic N) is 2. The second-order valence-electron chi connectivity index (χ2n) is 11.0. The van der Waals surface area contributed by atoms with Crippen LogP contribution < -0.4 is 10.6 Å². The number of anilines is 1. The van der Waals surface area contributed by atoms with Gasteiger partial charge in [-0.1, -0.05) is 39.8 Å². The predicted molar refractivity (Wildman–Crippen MR) is 132 cm³/mol. The van der Waals surface area contributed by atoms with Gasteiger partial charge in [-0.15, -0.1) is 11.3 Å². The molecule has 0 bridgehead atoms. The molecule has 0 unspecified atom stereocenters. The number of benzene rings is 1. The van der Waals surface area contributed by atoms with Crippen molar-refractivity contribution in [3.05, 3.63) is 34.7 Å². The number of hydrogen-bond acceptors (Lipinski definition) is 5. The van der Waals surface area contributed by atoms with E-state index in [0.717, 1.165) is 42.7 Å². The quantitative estimate of drug-likeness (QED) is 0.623. The molecule has 1 aromatic heterocycles. The summed E-state index contributed by atoms with van der Waals surface area (Å²) in [5, 5.41) is 12.5. The lowest BCUT2D eigenvalue weighted by Gasteiger charge is -2.42. The molecule has 0 saturated carbocycles. The van der Waals surface area contributed by atoms with Crippen molar-refractivity contribution in [1.29, 1.82) is 0 Å². The zero-order valence-electron chi connectivity index (χ0n) is 19.7. The highest BCUT2D eigenvalue weighted by Gasteiger charge is 2.37. The second kappa shape index (κ2) is 8.84. The molecule has 0 spiro atoms. The van der Waals surface area contributed by atoms with Gasteiger partial charge in [0.2, 0.25) is 0 Å². The molecule has 1 aliphatic heterocycles. The van der Waals surface area contributed by atoms with E-state index in [0.29, 0.717) is 0 Å². The van der Waals surface area contributed by atoms with Crippen LogP contribution in [0.2, 0.25) is 0 Å². The van der Waals surface area contributed by atoms with E-state index in [2.05, 4.69) is 56.2 Å². The molecule has 1 atom stereocenters. The fourth-order valence-corrected chi connectivity index (χ4v) is 6.13. The molecule has 1 aromatic carbocycles. The van der Waals surface area contributed by atoms with E-state index in [4.69, 9.17) is 15.8 Å². The van der Waals surface area contributed by atoms with Crippen LogP contribution in [0.4, 0.5) is 5.13 Å². The lowest BCUT2D eigenvalue weighted by Crippen LogP contribution is -2.34. The van der Waals surface area contributed by atoms with Gasteiger partial charge in [-0.2, -0.15) is 0 Å². The maximum atomic E-state index is 9.13. The standard InChI is InChI=1S/C26H39N3OS/c1-25(2)11-12-26(3,4)22-15-19(6-8-21(22)25)23-17-31-24(28-23)29-13-9-18(10-14-29)5-7-20(27)16-30/h6,8,15,17-18,20,30H,5,7,9-14,16,27H2,1-4H3/t20-/m0/s1. The van der Waals surface area contributed by atoms with Gasteiger partial charge in [0.25, 0.3) is 0 Å². The van der Waals surface area contributed by atoms with Gasteiger partial charge in [-0.05, 0) is 72.5 Å². The van der Waals surface area contributed by atoms with E-state index in [1.54, 1.807) is 11.3 Å². The molecule has 0 radical (unpaired) electrons. The first-order chi connectivity index (χ1) is 14.7. The summed E-state index contributed by atoms with van der Waals surface area (Å²) in [6.45, 7) is 11.8. The number of thiazole rings is 1. The maximum absolute atomic E-state index is 9.13. The Balaban J connectivity index is 1.45. The minimum atomic E-state index is -0.0632. The van der Waals surface area contributed by atoms with Crippen molar-refractivity contribution < 1.29 is 5.11 Å². The van der Waals surface area contributed by atoms with Crippen LogP contribution in [0.25, 0.3) is 11.3 Å².